The Hall–Kier alpha value is -6.72. The van der Waals surface area contributed by atoms with Crippen molar-refractivity contribution in [2.75, 3.05) is 14.7 Å². The molecule has 6 aromatic rings. The predicted molar refractivity (Wildman–Crippen MR) is 364 cm³/mol. The fourth-order valence-corrected chi connectivity index (χ4v) is 19.7. The average Bonchev–Trinajstić information content (AvgIpc) is 1.43. The summed E-state index contributed by atoms with van der Waals surface area (Å²) in [6, 6.07) is 51.9. The van der Waals surface area contributed by atoms with E-state index in [1.165, 1.54) is 134 Å². The molecule has 5 aliphatic carbocycles. The van der Waals surface area contributed by atoms with Crippen LogP contribution < -0.4 is 20.2 Å². The van der Waals surface area contributed by atoms with E-state index in [4.69, 9.17) is 0 Å². The SMILES string of the molecule is CC(C)(C)c1ccc(N2c3cc(N4c5ccc(C(C)(C)C)cc5C5(C)CCCCC45C)ccc3B3C4=CC=CC5C6=C(c7ccccc7C6(C)C)N(C6=C3C2CC(N2c3ccc(C(C)(C)C)cc3C3(C)CCCCC23C)=C6)C45)c(-c2ccccc2)c1. The maximum atomic E-state index is 2.97. The van der Waals surface area contributed by atoms with Gasteiger partial charge in [-0.25, -0.2) is 0 Å². The zero-order chi connectivity index (χ0) is 59.8. The Bertz CT molecular complexity index is 4090. The van der Waals surface area contributed by atoms with Gasteiger partial charge in [-0.05, 0) is 154 Å². The summed E-state index contributed by atoms with van der Waals surface area (Å²) in [5, 5.41) is 0. The molecule has 0 amide bonds. The second-order valence-corrected chi connectivity index (χ2v) is 32.7. The molecule has 5 aliphatic heterocycles. The van der Waals surface area contributed by atoms with Crippen molar-refractivity contribution in [2.24, 2.45) is 5.92 Å². The van der Waals surface area contributed by atoms with E-state index < -0.39 is 0 Å². The topological polar surface area (TPSA) is 13.0 Å². The molecule has 7 unspecified atom stereocenters. The third-order valence-corrected chi connectivity index (χ3v) is 24.8. The van der Waals surface area contributed by atoms with Gasteiger partial charge in [-0.15, -0.1) is 0 Å². The highest BCUT2D eigenvalue weighted by Gasteiger charge is 2.64. The molecule has 0 bridgehead atoms. The van der Waals surface area contributed by atoms with Crippen molar-refractivity contribution < 1.29 is 0 Å². The summed E-state index contributed by atoms with van der Waals surface area (Å²) in [6.07, 6.45) is 21.0. The molecule has 2 saturated carbocycles. The van der Waals surface area contributed by atoms with E-state index in [0.717, 1.165) is 19.3 Å². The summed E-state index contributed by atoms with van der Waals surface area (Å²) in [5.74, 6) is 0.250. The Morgan fingerprint density at radius 3 is 1.72 bits per heavy atom. The van der Waals surface area contributed by atoms with Gasteiger partial charge >= 0.3 is 0 Å². The Morgan fingerprint density at radius 1 is 0.512 bits per heavy atom. The summed E-state index contributed by atoms with van der Waals surface area (Å²) >= 11 is 0. The number of allylic oxidation sites excluding steroid dienone is 3. The van der Waals surface area contributed by atoms with Crippen LogP contribution in [0.5, 0.6) is 0 Å². The number of hydrogen-bond acceptors (Lipinski definition) is 4. The lowest BCUT2D eigenvalue weighted by Gasteiger charge is -2.56. The third-order valence-electron chi connectivity index (χ3n) is 24.8. The summed E-state index contributed by atoms with van der Waals surface area (Å²) in [6.45, 7) is 37.2. The van der Waals surface area contributed by atoms with Crippen LogP contribution in [0, 0.1) is 5.92 Å². The first-order chi connectivity index (χ1) is 40.8. The average molecular weight is 1130 g/mol. The van der Waals surface area contributed by atoms with Crippen molar-refractivity contribution in [2.45, 2.75) is 217 Å². The van der Waals surface area contributed by atoms with Gasteiger partial charge in [0.05, 0.1) is 28.9 Å². The van der Waals surface area contributed by atoms with Crippen molar-refractivity contribution in [3.63, 3.8) is 0 Å². The molecule has 16 rings (SSSR count). The molecular weight excluding hydrogens is 1040 g/mol. The monoisotopic (exact) mass is 1130 g/mol. The molecule has 5 heterocycles. The predicted octanol–water partition coefficient (Wildman–Crippen LogP) is 19.5. The largest absolute Gasteiger partial charge is 0.338 e. The fraction of sp³-hybridized carbons (Fsp3) is 0.432. The standard InChI is InChI=1S/C81H91BN4/c1-74(2,3)51-32-37-64(58(44-51)50-26-17-16-18-27-50)83-67-47-54(85-65-38-33-52(75(4,5)6)45-60(65)78(12)40-21-23-42-80(78,85)14)35-36-62(67)82-63-31-25-29-57-70-73(56-28-19-20-30-59(56)77(70,10)11)84(72(57)63)69-49-55(48-68(83)71(69)82)86-66-39-34-53(76(7,8)9)46-61(66)79(13)41-22-24-43-81(79,86)15/h16-20,25-39,44-47,49,57,68,72H,21-24,40-43,48H2,1-15H3. The van der Waals surface area contributed by atoms with Gasteiger partial charge in [0.15, 0.2) is 0 Å². The molecular formula is C81H91BN4. The van der Waals surface area contributed by atoms with Crippen LogP contribution in [-0.2, 0) is 32.5 Å². The molecule has 10 aliphatic rings. The quantitative estimate of drug-likeness (QED) is 0.163. The zero-order valence-electron chi connectivity index (χ0n) is 54.4. The van der Waals surface area contributed by atoms with Gasteiger partial charge in [-0.2, -0.15) is 0 Å². The fourth-order valence-electron chi connectivity index (χ4n) is 19.7. The summed E-state index contributed by atoms with van der Waals surface area (Å²) < 4.78 is 0. The minimum Gasteiger partial charge on any atom is -0.338 e. The van der Waals surface area contributed by atoms with Gasteiger partial charge in [0.2, 0.25) is 6.71 Å². The van der Waals surface area contributed by atoms with E-state index in [-0.39, 0.29) is 68.3 Å². The molecule has 86 heavy (non-hydrogen) atoms. The Morgan fingerprint density at radius 2 is 1.08 bits per heavy atom. The Labute approximate surface area is 515 Å². The van der Waals surface area contributed by atoms with E-state index >= 15 is 0 Å². The second-order valence-electron chi connectivity index (χ2n) is 32.7. The lowest BCUT2D eigenvalue weighted by molar-refractivity contribution is 0.189. The van der Waals surface area contributed by atoms with Crippen LogP contribution in [-0.4, -0.2) is 34.8 Å². The third kappa shape index (κ3) is 7.07. The van der Waals surface area contributed by atoms with Gasteiger partial charge < -0.3 is 19.6 Å². The number of hydrogen-bond donors (Lipinski definition) is 0. The van der Waals surface area contributed by atoms with Crippen molar-refractivity contribution in [3.05, 3.63) is 219 Å². The van der Waals surface area contributed by atoms with Gasteiger partial charge in [-0.1, -0.05) is 230 Å². The first kappa shape index (κ1) is 54.7. The van der Waals surface area contributed by atoms with Gasteiger partial charge in [-0.3, -0.25) is 0 Å². The highest BCUT2D eigenvalue weighted by molar-refractivity contribution is 6.88. The summed E-state index contributed by atoms with van der Waals surface area (Å²) in [5.41, 5.74) is 29.7. The molecule has 6 aromatic carbocycles. The first-order valence-corrected chi connectivity index (χ1v) is 33.3. The van der Waals surface area contributed by atoms with Gasteiger partial charge in [0.25, 0.3) is 0 Å². The highest BCUT2D eigenvalue weighted by Crippen LogP contribution is 2.67. The molecule has 0 aromatic heterocycles. The van der Waals surface area contributed by atoms with Crippen LogP contribution in [0.2, 0.25) is 0 Å². The number of anilines is 5. The highest BCUT2D eigenvalue weighted by atomic mass is 15.3. The van der Waals surface area contributed by atoms with Crippen LogP contribution in [0.15, 0.2) is 180 Å². The minimum absolute atomic E-state index is 0.00131. The molecule has 7 atom stereocenters. The van der Waals surface area contributed by atoms with E-state index in [1.807, 2.05) is 0 Å². The van der Waals surface area contributed by atoms with Crippen molar-refractivity contribution in [1.82, 2.24) is 4.90 Å². The van der Waals surface area contributed by atoms with Gasteiger partial charge in [0, 0.05) is 79.5 Å². The van der Waals surface area contributed by atoms with E-state index in [2.05, 4.69) is 275 Å². The lowest BCUT2D eigenvalue weighted by Crippen LogP contribution is -2.62. The molecule has 0 N–H and O–H groups in total. The molecule has 0 saturated heterocycles. The van der Waals surface area contributed by atoms with Crippen LogP contribution in [0.4, 0.5) is 28.4 Å². The number of rotatable bonds is 4. The number of fused-ring (bicyclic) bond motifs is 14. The molecule has 0 spiro atoms. The molecule has 5 heteroatoms. The van der Waals surface area contributed by atoms with Crippen LogP contribution in [0.3, 0.4) is 0 Å². The smallest absolute Gasteiger partial charge is 0.242 e. The molecule has 438 valence electrons. The summed E-state index contributed by atoms with van der Waals surface area (Å²) in [4.78, 5) is 11.7. The van der Waals surface area contributed by atoms with E-state index in [9.17, 15) is 0 Å². The maximum absolute atomic E-state index is 2.97. The van der Waals surface area contributed by atoms with Crippen molar-refractivity contribution >= 4 is 46.3 Å². The molecule has 4 nitrogen and oxygen atoms in total. The van der Waals surface area contributed by atoms with Crippen molar-refractivity contribution in [3.8, 4) is 11.1 Å². The Balaban J connectivity index is 1.00. The second kappa shape index (κ2) is 17.8. The minimum atomic E-state index is -0.130. The zero-order valence-corrected chi connectivity index (χ0v) is 54.4. The van der Waals surface area contributed by atoms with Crippen LogP contribution in [0.25, 0.3) is 16.8 Å². The first-order valence-electron chi connectivity index (χ1n) is 33.3. The number of benzene rings is 6. The normalized spacial score (nSPS) is 29.0. The maximum Gasteiger partial charge on any atom is 0.242 e. The summed E-state index contributed by atoms with van der Waals surface area (Å²) in [7, 11) is 0. The van der Waals surface area contributed by atoms with Crippen molar-refractivity contribution in [1.29, 1.82) is 0 Å². The van der Waals surface area contributed by atoms with Gasteiger partial charge in [0.1, 0.15) is 0 Å². The lowest BCUT2D eigenvalue weighted by atomic mass is 9.29. The van der Waals surface area contributed by atoms with E-state index in [1.54, 1.807) is 22.1 Å². The van der Waals surface area contributed by atoms with Crippen LogP contribution >= 0.6 is 0 Å². The molecule has 2 fully saturated rings. The van der Waals surface area contributed by atoms with E-state index in [0.29, 0.717) is 0 Å². The van der Waals surface area contributed by atoms with Crippen LogP contribution in [0.1, 0.15) is 201 Å². The molecule has 0 radical (unpaired) electrons. The Kier molecular flexibility index (Phi) is 11.3. The number of nitrogens with zero attached hydrogens (tertiary/aromatic N) is 4.